The molecule has 158 valence electrons. The predicted molar refractivity (Wildman–Crippen MR) is 116 cm³/mol. The van der Waals surface area contributed by atoms with E-state index in [9.17, 15) is 4.79 Å². The SMILES string of the molecule is Cc1ccc(-c2noc(CN(C)C(=O)[C@H](C)Oc3cc(C)ccc3C(C)C)n2)cc1. The molecule has 6 heteroatoms. The normalized spacial score (nSPS) is 12.1. The fourth-order valence-corrected chi connectivity index (χ4v) is 3.19. The first-order valence-electron chi connectivity index (χ1n) is 10.2. The number of amides is 1. The van der Waals surface area contributed by atoms with Crippen LogP contribution < -0.4 is 4.74 Å². The summed E-state index contributed by atoms with van der Waals surface area (Å²) in [6, 6.07) is 14.0. The standard InChI is InChI=1S/C24H29N3O3/c1-15(2)20-12-9-17(4)13-21(20)29-18(5)24(28)27(6)14-22-25-23(26-30-22)19-10-7-16(3)8-11-19/h7-13,15,18H,14H2,1-6H3/t18-/m0/s1. The molecular formula is C24H29N3O3. The molecule has 0 saturated carbocycles. The third kappa shape index (κ3) is 5.06. The summed E-state index contributed by atoms with van der Waals surface area (Å²) in [5, 5.41) is 4.03. The van der Waals surface area contributed by atoms with Crippen LogP contribution in [0.25, 0.3) is 11.4 Å². The van der Waals surface area contributed by atoms with Gasteiger partial charge in [0.05, 0.1) is 6.54 Å². The molecule has 1 atom stereocenters. The van der Waals surface area contributed by atoms with E-state index in [0.29, 0.717) is 17.6 Å². The monoisotopic (exact) mass is 407 g/mol. The van der Waals surface area contributed by atoms with Crippen LogP contribution in [0.1, 0.15) is 49.3 Å². The second kappa shape index (κ2) is 9.11. The summed E-state index contributed by atoms with van der Waals surface area (Å²) in [6.07, 6.45) is -0.631. The summed E-state index contributed by atoms with van der Waals surface area (Å²) in [7, 11) is 1.71. The largest absolute Gasteiger partial charge is 0.481 e. The summed E-state index contributed by atoms with van der Waals surface area (Å²) in [5.41, 5.74) is 4.22. The number of aryl methyl sites for hydroxylation is 2. The number of hydrogen-bond acceptors (Lipinski definition) is 5. The lowest BCUT2D eigenvalue weighted by atomic mass is 10.0. The Balaban J connectivity index is 1.66. The first-order valence-corrected chi connectivity index (χ1v) is 10.2. The van der Waals surface area contributed by atoms with E-state index in [-0.39, 0.29) is 12.5 Å². The predicted octanol–water partition coefficient (Wildman–Crippen LogP) is 4.90. The number of benzene rings is 2. The first kappa shape index (κ1) is 21.6. The Kier molecular flexibility index (Phi) is 6.55. The van der Waals surface area contributed by atoms with Gasteiger partial charge in [-0.2, -0.15) is 4.98 Å². The Bertz CT molecular complexity index is 1010. The van der Waals surface area contributed by atoms with Crippen molar-refractivity contribution >= 4 is 5.91 Å². The fraction of sp³-hybridized carbons (Fsp3) is 0.375. The number of hydrogen-bond donors (Lipinski definition) is 0. The molecule has 0 aliphatic heterocycles. The molecule has 0 unspecified atom stereocenters. The van der Waals surface area contributed by atoms with E-state index in [1.54, 1.807) is 18.9 Å². The molecule has 0 radical (unpaired) electrons. The van der Waals surface area contributed by atoms with Gasteiger partial charge in [0.2, 0.25) is 11.7 Å². The summed E-state index contributed by atoms with van der Waals surface area (Å²) in [6.45, 7) is 10.2. The summed E-state index contributed by atoms with van der Waals surface area (Å²) >= 11 is 0. The zero-order valence-corrected chi connectivity index (χ0v) is 18.5. The van der Waals surface area contributed by atoms with Crippen LogP contribution in [0.4, 0.5) is 0 Å². The van der Waals surface area contributed by atoms with Crippen LogP contribution in [0.5, 0.6) is 5.75 Å². The third-order valence-corrected chi connectivity index (χ3v) is 4.97. The highest BCUT2D eigenvalue weighted by molar-refractivity contribution is 5.80. The molecule has 0 bridgehead atoms. The van der Waals surface area contributed by atoms with Gasteiger partial charge in [0.1, 0.15) is 5.75 Å². The maximum atomic E-state index is 12.8. The lowest BCUT2D eigenvalue weighted by Crippen LogP contribution is -2.37. The number of ether oxygens (including phenoxy) is 1. The van der Waals surface area contributed by atoms with Gasteiger partial charge in [0.25, 0.3) is 5.91 Å². The number of nitrogens with zero attached hydrogens (tertiary/aromatic N) is 3. The van der Waals surface area contributed by atoms with Crippen LogP contribution in [0.3, 0.4) is 0 Å². The van der Waals surface area contributed by atoms with Gasteiger partial charge < -0.3 is 14.2 Å². The zero-order chi connectivity index (χ0) is 21.8. The molecule has 1 heterocycles. The van der Waals surface area contributed by atoms with Crippen LogP contribution in [0.15, 0.2) is 47.0 Å². The van der Waals surface area contributed by atoms with Crippen LogP contribution in [0, 0.1) is 13.8 Å². The van der Waals surface area contributed by atoms with Crippen molar-refractivity contribution in [2.24, 2.45) is 0 Å². The van der Waals surface area contributed by atoms with E-state index in [2.05, 4.69) is 36.1 Å². The van der Waals surface area contributed by atoms with Crippen molar-refractivity contribution in [3.8, 4) is 17.1 Å². The van der Waals surface area contributed by atoms with Crippen molar-refractivity contribution < 1.29 is 14.1 Å². The Morgan fingerprint density at radius 2 is 1.73 bits per heavy atom. The Morgan fingerprint density at radius 1 is 1.07 bits per heavy atom. The van der Waals surface area contributed by atoms with Crippen molar-refractivity contribution in [1.29, 1.82) is 0 Å². The Morgan fingerprint density at radius 3 is 2.40 bits per heavy atom. The molecule has 0 saturated heterocycles. The van der Waals surface area contributed by atoms with Gasteiger partial charge in [-0.25, -0.2) is 0 Å². The number of rotatable bonds is 7. The quantitative estimate of drug-likeness (QED) is 0.557. The Hall–Kier alpha value is -3.15. The number of carbonyl (C=O) groups is 1. The van der Waals surface area contributed by atoms with Crippen LogP contribution >= 0.6 is 0 Å². The van der Waals surface area contributed by atoms with Crippen molar-refractivity contribution in [2.45, 2.75) is 53.2 Å². The molecule has 0 N–H and O–H groups in total. The molecule has 30 heavy (non-hydrogen) atoms. The molecule has 0 aliphatic rings. The minimum Gasteiger partial charge on any atom is -0.481 e. The fourth-order valence-electron chi connectivity index (χ4n) is 3.19. The van der Waals surface area contributed by atoms with Gasteiger partial charge in [-0.05, 0) is 43.9 Å². The minimum atomic E-state index is -0.631. The highest BCUT2D eigenvalue weighted by atomic mass is 16.5. The molecule has 0 aliphatic carbocycles. The molecule has 0 fully saturated rings. The van der Waals surface area contributed by atoms with E-state index >= 15 is 0 Å². The van der Waals surface area contributed by atoms with Gasteiger partial charge in [0, 0.05) is 12.6 Å². The van der Waals surface area contributed by atoms with E-state index < -0.39 is 6.10 Å². The second-order valence-corrected chi connectivity index (χ2v) is 8.03. The van der Waals surface area contributed by atoms with Crippen molar-refractivity contribution in [2.75, 3.05) is 7.05 Å². The summed E-state index contributed by atoms with van der Waals surface area (Å²) in [5.74, 6) is 1.79. The molecule has 1 amide bonds. The smallest absolute Gasteiger partial charge is 0.263 e. The van der Waals surface area contributed by atoms with E-state index in [0.717, 1.165) is 28.0 Å². The van der Waals surface area contributed by atoms with Gasteiger partial charge in [-0.3, -0.25) is 4.79 Å². The van der Waals surface area contributed by atoms with Crippen LogP contribution in [-0.2, 0) is 11.3 Å². The van der Waals surface area contributed by atoms with Crippen LogP contribution in [-0.4, -0.2) is 34.1 Å². The molecule has 3 aromatic rings. The molecule has 3 rings (SSSR count). The van der Waals surface area contributed by atoms with Gasteiger partial charge >= 0.3 is 0 Å². The van der Waals surface area contributed by atoms with E-state index in [4.69, 9.17) is 9.26 Å². The average molecular weight is 408 g/mol. The Labute approximate surface area is 177 Å². The van der Waals surface area contributed by atoms with E-state index in [1.165, 1.54) is 0 Å². The van der Waals surface area contributed by atoms with E-state index in [1.807, 2.05) is 44.2 Å². The minimum absolute atomic E-state index is 0.152. The third-order valence-electron chi connectivity index (χ3n) is 4.97. The zero-order valence-electron chi connectivity index (χ0n) is 18.5. The lowest BCUT2D eigenvalue weighted by Gasteiger charge is -2.23. The summed E-state index contributed by atoms with van der Waals surface area (Å²) < 4.78 is 11.4. The van der Waals surface area contributed by atoms with Gasteiger partial charge in [-0.15, -0.1) is 0 Å². The molecule has 2 aromatic carbocycles. The maximum Gasteiger partial charge on any atom is 0.263 e. The lowest BCUT2D eigenvalue weighted by molar-refractivity contribution is -0.137. The van der Waals surface area contributed by atoms with Crippen molar-refractivity contribution in [1.82, 2.24) is 15.0 Å². The second-order valence-electron chi connectivity index (χ2n) is 8.03. The maximum absolute atomic E-state index is 12.8. The first-order chi connectivity index (χ1) is 14.2. The topological polar surface area (TPSA) is 68.5 Å². The molecule has 6 nitrogen and oxygen atoms in total. The number of likely N-dealkylation sites (N-methyl/N-ethyl adjacent to an activating group) is 1. The van der Waals surface area contributed by atoms with Crippen molar-refractivity contribution in [3.63, 3.8) is 0 Å². The van der Waals surface area contributed by atoms with Crippen molar-refractivity contribution in [3.05, 3.63) is 65.0 Å². The van der Waals surface area contributed by atoms with Crippen LogP contribution in [0.2, 0.25) is 0 Å². The highest BCUT2D eigenvalue weighted by Crippen LogP contribution is 2.28. The molecule has 0 spiro atoms. The summed E-state index contributed by atoms with van der Waals surface area (Å²) in [4.78, 5) is 18.8. The van der Waals surface area contributed by atoms with Gasteiger partial charge in [0.15, 0.2) is 6.10 Å². The number of aromatic nitrogens is 2. The number of carbonyl (C=O) groups excluding carboxylic acids is 1. The van der Waals surface area contributed by atoms with Gasteiger partial charge in [-0.1, -0.05) is 61.0 Å². The molecule has 1 aromatic heterocycles. The highest BCUT2D eigenvalue weighted by Gasteiger charge is 2.23. The average Bonchev–Trinajstić information content (AvgIpc) is 3.16. The molecular weight excluding hydrogens is 378 g/mol.